The van der Waals surface area contributed by atoms with E-state index in [1.165, 1.54) is 56.7 Å². The molecule has 0 amide bonds. The van der Waals surface area contributed by atoms with Gasteiger partial charge >= 0.3 is 0 Å². The van der Waals surface area contributed by atoms with Crippen LogP contribution in [0, 0.1) is 11.3 Å². The monoisotopic (exact) mass is 230 g/mol. The van der Waals surface area contributed by atoms with Crippen LogP contribution in [0.5, 0.6) is 0 Å². The molecule has 0 saturated heterocycles. The summed E-state index contributed by atoms with van der Waals surface area (Å²) in [6.45, 7) is 0. The molecule has 0 aromatic rings. The zero-order chi connectivity index (χ0) is 8.44. The maximum atomic E-state index is 3.74. The first-order valence-electron chi connectivity index (χ1n) is 5.43. The first-order valence-corrected chi connectivity index (χ1v) is 6.55. The van der Waals surface area contributed by atoms with Crippen LogP contribution >= 0.6 is 15.9 Å². The van der Waals surface area contributed by atoms with Gasteiger partial charge in [0, 0.05) is 5.33 Å². The largest absolute Gasteiger partial charge is 0.0922 e. The molecule has 0 aromatic carbocycles. The summed E-state index contributed by atoms with van der Waals surface area (Å²) in [5.74, 6) is 1.08. The third-order valence-electron chi connectivity index (χ3n) is 4.09. The molecule has 0 nitrogen and oxygen atoms in total. The van der Waals surface area contributed by atoms with E-state index in [0.29, 0.717) is 0 Å². The van der Waals surface area contributed by atoms with Gasteiger partial charge in [-0.25, -0.2) is 0 Å². The molecular weight excluding hydrogens is 212 g/mol. The molecule has 0 heterocycles. The van der Waals surface area contributed by atoms with Crippen molar-refractivity contribution in [2.45, 2.75) is 51.4 Å². The number of hydrogen-bond donors (Lipinski definition) is 0. The van der Waals surface area contributed by atoms with Crippen molar-refractivity contribution in [2.24, 2.45) is 11.3 Å². The number of alkyl halides is 1. The van der Waals surface area contributed by atoms with Gasteiger partial charge in [0.15, 0.2) is 0 Å². The number of halogens is 1. The average Bonchev–Trinajstić information content (AvgIpc) is 2.03. The molecule has 0 aliphatic heterocycles. The van der Waals surface area contributed by atoms with Crippen LogP contribution in [0.1, 0.15) is 51.4 Å². The first-order chi connectivity index (χ1) is 5.87. The summed E-state index contributed by atoms with van der Waals surface area (Å²) in [5.41, 5.74) is 0.733. The Morgan fingerprint density at radius 2 is 1.67 bits per heavy atom. The zero-order valence-electron chi connectivity index (χ0n) is 7.82. The molecule has 2 aliphatic rings. The Morgan fingerprint density at radius 1 is 1.00 bits per heavy atom. The van der Waals surface area contributed by atoms with E-state index in [9.17, 15) is 0 Å². The molecule has 70 valence electrons. The van der Waals surface area contributed by atoms with Gasteiger partial charge in [-0.3, -0.25) is 0 Å². The Hall–Kier alpha value is 0.480. The van der Waals surface area contributed by atoms with Gasteiger partial charge in [0.2, 0.25) is 0 Å². The van der Waals surface area contributed by atoms with E-state index < -0.39 is 0 Å². The van der Waals surface area contributed by atoms with Crippen LogP contribution in [0.15, 0.2) is 0 Å². The predicted octanol–water partition coefficient (Wildman–Crippen LogP) is 4.13. The maximum Gasteiger partial charge on any atom is 0.00906 e. The van der Waals surface area contributed by atoms with Crippen molar-refractivity contribution in [1.82, 2.24) is 0 Å². The van der Waals surface area contributed by atoms with Crippen LogP contribution in [0.3, 0.4) is 0 Å². The highest BCUT2D eigenvalue weighted by Crippen LogP contribution is 2.51. The molecule has 0 bridgehead atoms. The van der Waals surface area contributed by atoms with Crippen molar-refractivity contribution >= 4 is 15.9 Å². The average molecular weight is 231 g/mol. The lowest BCUT2D eigenvalue weighted by molar-refractivity contribution is 0.0656. The Bertz CT molecular complexity index is 143. The van der Waals surface area contributed by atoms with Crippen molar-refractivity contribution in [3.8, 4) is 0 Å². The van der Waals surface area contributed by atoms with Crippen molar-refractivity contribution in [3.63, 3.8) is 0 Å². The Balaban J connectivity index is 2.00. The van der Waals surface area contributed by atoms with Gasteiger partial charge in [-0.05, 0) is 37.0 Å². The fourth-order valence-electron chi connectivity index (χ4n) is 2.93. The topological polar surface area (TPSA) is 0 Å². The summed E-state index contributed by atoms with van der Waals surface area (Å²) in [7, 11) is 0. The summed E-state index contributed by atoms with van der Waals surface area (Å²) < 4.78 is 0. The number of hydrogen-bond acceptors (Lipinski definition) is 0. The fourth-order valence-corrected chi connectivity index (χ4v) is 3.95. The van der Waals surface area contributed by atoms with Crippen LogP contribution in [-0.4, -0.2) is 5.33 Å². The lowest BCUT2D eigenvalue weighted by Crippen LogP contribution is -2.38. The molecule has 0 aromatic heterocycles. The molecule has 12 heavy (non-hydrogen) atoms. The molecule has 2 fully saturated rings. The lowest BCUT2D eigenvalue weighted by atomic mass is 9.60. The SMILES string of the molecule is BrCC1(C2CCC2)CCCCC1. The molecule has 0 unspecified atom stereocenters. The molecular formula is C11H19Br. The second-order valence-electron chi connectivity index (χ2n) is 4.68. The van der Waals surface area contributed by atoms with E-state index in [1.54, 1.807) is 0 Å². The normalized spacial score (nSPS) is 29.8. The van der Waals surface area contributed by atoms with Crippen LogP contribution in [0.25, 0.3) is 0 Å². The zero-order valence-corrected chi connectivity index (χ0v) is 9.41. The molecule has 0 atom stereocenters. The fraction of sp³-hybridized carbons (Fsp3) is 1.00. The molecule has 2 rings (SSSR count). The number of rotatable bonds is 2. The van der Waals surface area contributed by atoms with Gasteiger partial charge in [-0.15, -0.1) is 0 Å². The van der Waals surface area contributed by atoms with Gasteiger partial charge in [0.1, 0.15) is 0 Å². The minimum atomic E-state index is 0.733. The van der Waals surface area contributed by atoms with Crippen molar-refractivity contribution < 1.29 is 0 Å². The second-order valence-corrected chi connectivity index (χ2v) is 5.25. The molecule has 0 spiro atoms. The summed E-state index contributed by atoms with van der Waals surface area (Å²) in [4.78, 5) is 0. The van der Waals surface area contributed by atoms with Gasteiger partial charge in [0.05, 0.1) is 0 Å². The summed E-state index contributed by atoms with van der Waals surface area (Å²) in [6.07, 6.45) is 12.0. The highest BCUT2D eigenvalue weighted by atomic mass is 79.9. The third kappa shape index (κ3) is 1.45. The van der Waals surface area contributed by atoms with Crippen LogP contribution < -0.4 is 0 Å². The molecule has 2 aliphatic carbocycles. The van der Waals surface area contributed by atoms with Crippen LogP contribution in [0.4, 0.5) is 0 Å². The predicted molar refractivity (Wildman–Crippen MR) is 56.7 cm³/mol. The summed E-state index contributed by atoms with van der Waals surface area (Å²) in [6, 6.07) is 0. The van der Waals surface area contributed by atoms with Crippen molar-refractivity contribution in [3.05, 3.63) is 0 Å². The second kappa shape index (κ2) is 3.69. The molecule has 1 heteroatoms. The van der Waals surface area contributed by atoms with E-state index in [0.717, 1.165) is 11.3 Å². The van der Waals surface area contributed by atoms with Gasteiger partial charge < -0.3 is 0 Å². The molecule has 2 saturated carbocycles. The van der Waals surface area contributed by atoms with Gasteiger partial charge in [-0.1, -0.05) is 41.6 Å². The minimum Gasteiger partial charge on any atom is -0.0922 e. The van der Waals surface area contributed by atoms with Crippen LogP contribution in [-0.2, 0) is 0 Å². The van der Waals surface area contributed by atoms with Gasteiger partial charge in [0.25, 0.3) is 0 Å². The summed E-state index contributed by atoms with van der Waals surface area (Å²) in [5, 5.41) is 1.27. The van der Waals surface area contributed by atoms with E-state index in [4.69, 9.17) is 0 Å². The molecule has 0 N–H and O–H groups in total. The lowest BCUT2D eigenvalue weighted by Gasteiger charge is -2.47. The first kappa shape index (κ1) is 9.05. The smallest absolute Gasteiger partial charge is 0.00906 e. The standard InChI is InChI=1S/C11H19Br/c12-9-11(10-5-4-6-10)7-2-1-3-8-11/h10H,1-9H2. The van der Waals surface area contributed by atoms with E-state index in [1.807, 2.05) is 0 Å². The third-order valence-corrected chi connectivity index (χ3v) is 5.20. The van der Waals surface area contributed by atoms with E-state index in [-0.39, 0.29) is 0 Å². The van der Waals surface area contributed by atoms with Crippen molar-refractivity contribution in [2.75, 3.05) is 5.33 Å². The quantitative estimate of drug-likeness (QED) is 0.627. The van der Waals surface area contributed by atoms with Gasteiger partial charge in [-0.2, -0.15) is 0 Å². The maximum absolute atomic E-state index is 3.74. The Kier molecular flexibility index (Phi) is 2.78. The van der Waals surface area contributed by atoms with Crippen molar-refractivity contribution in [1.29, 1.82) is 0 Å². The molecule has 0 radical (unpaired) electrons. The highest BCUT2D eigenvalue weighted by molar-refractivity contribution is 9.09. The highest BCUT2D eigenvalue weighted by Gasteiger charge is 2.41. The Morgan fingerprint density at radius 3 is 2.08 bits per heavy atom. The Labute approximate surface area is 84.2 Å². The van der Waals surface area contributed by atoms with E-state index >= 15 is 0 Å². The van der Waals surface area contributed by atoms with E-state index in [2.05, 4.69) is 15.9 Å². The minimum absolute atomic E-state index is 0.733. The van der Waals surface area contributed by atoms with Crippen LogP contribution in [0.2, 0.25) is 0 Å². The summed E-state index contributed by atoms with van der Waals surface area (Å²) >= 11 is 3.74.